The predicted molar refractivity (Wildman–Crippen MR) is 64.3 cm³/mol. The monoisotopic (exact) mass is 236 g/mol. The molecule has 17 heavy (non-hydrogen) atoms. The van der Waals surface area contributed by atoms with Gasteiger partial charge in [-0.2, -0.15) is 5.26 Å². The van der Waals surface area contributed by atoms with Gasteiger partial charge in [-0.1, -0.05) is 6.92 Å². The largest absolute Gasteiger partial charge is 0.491 e. The van der Waals surface area contributed by atoms with Crippen LogP contribution in [-0.4, -0.2) is 19.2 Å². The van der Waals surface area contributed by atoms with Crippen molar-refractivity contribution in [1.82, 2.24) is 5.32 Å². The van der Waals surface area contributed by atoms with E-state index in [2.05, 4.69) is 11.4 Å². The molecule has 0 aliphatic heterocycles. The predicted octanol–water partition coefficient (Wildman–Crippen LogP) is 2.40. The highest BCUT2D eigenvalue weighted by molar-refractivity contribution is 5.28. The molecule has 1 rings (SSSR count). The number of nitrogens with one attached hydrogen (secondary N) is 1. The van der Waals surface area contributed by atoms with E-state index < -0.39 is 0 Å². The van der Waals surface area contributed by atoms with E-state index in [1.807, 2.05) is 6.92 Å². The van der Waals surface area contributed by atoms with E-state index in [4.69, 9.17) is 10.00 Å². The molecule has 0 heterocycles. The molecule has 0 radical (unpaired) electrons. The molecular formula is C13H17FN2O. The molecule has 0 bridgehead atoms. The first kappa shape index (κ1) is 13.5. The molecule has 1 aromatic carbocycles. The van der Waals surface area contributed by atoms with Crippen molar-refractivity contribution in [3.63, 3.8) is 0 Å². The quantitative estimate of drug-likeness (QED) is 0.825. The molecule has 0 aliphatic rings. The van der Waals surface area contributed by atoms with Crippen LogP contribution in [0.25, 0.3) is 0 Å². The lowest BCUT2D eigenvalue weighted by Crippen LogP contribution is -2.33. The first-order valence-corrected chi connectivity index (χ1v) is 5.69. The summed E-state index contributed by atoms with van der Waals surface area (Å²) in [6, 6.07) is 6.35. The SMILES string of the molecule is CCCNC(C#N)COc1ccc(F)c(C)c1. The number of benzene rings is 1. The maximum atomic E-state index is 13.0. The van der Waals surface area contributed by atoms with Crippen LogP contribution in [0.5, 0.6) is 5.75 Å². The van der Waals surface area contributed by atoms with E-state index in [1.165, 1.54) is 6.07 Å². The first-order chi connectivity index (χ1) is 8.17. The molecule has 3 nitrogen and oxygen atoms in total. The van der Waals surface area contributed by atoms with Crippen molar-refractivity contribution in [3.8, 4) is 11.8 Å². The third kappa shape index (κ3) is 4.41. The Morgan fingerprint density at radius 1 is 1.53 bits per heavy atom. The lowest BCUT2D eigenvalue weighted by molar-refractivity contribution is 0.289. The zero-order valence-corrected chi connectivity index (χ0v) is 10.2. The fourth-order valence-corrected chi connectivity index (χ4v) is 1.35. The van der Waals surface area contributed by atoms with Gasteiger partial charge in [-0.15, -0.1) is 0 Å². The summed E-state index contributed by atoms with van der Waals surface area (Å²) < 4.78 is 18.5. The van der Waals surface area contributed by atoms with Crippen LogP contribution in [0.15, 0.2) is 18.2 Å². The van der Waals surface area contributed by atoms with Crippen LogP contribution in [0.2, 0.25) is 0 Å². The Morgan fingerprint density at radius 2 is 2.29 bits per heavy atom. The van der Waals surface area contributed by atoms with Crippen molar-refractivity contribution in [3.05, 3.63) is 29.6 Å². The number of halogens is 1. The van der Waals surface area contributed by atoms with Gasteiger partial charge in [0, 0.05) is 0 Å². The fourth-order valence-electron chi connectivity index (χ4n) is 1.35. The van der Waals surface area contributed by atoms with E-state index >= 15 is 0 Å². The molecule has 1 N–H and O–H groups in total. The number of rotatable bonds is 6. The van der Waals surface area contributed by atoms with Gasteiger partial charge >= 0.3 is 0 Å². The Balaban J connectivity index is 2.48. The van der Waals surface area contributed by atoms with Gasteiger partial charge in [0.15, 0.2) is 0 Å². The summed E-state index contributed by atoms with van der Waals surface area (Å²) in [5.41, 5.74) is 0.539. The van der Waals surface area contributed by atoms with Crippen molar-refractivity contribution in [2.45, 2.75) is 26.3 Å². The Labute approximate surface area is 101 Å². The minimum Gasteiger partial charge on any atom is -0.491 e. The molecular weight excluding hydrogens is 219 g/mol. The zero-order valence-electron chi connectivity index (χ0n) is 10.2. The molecule has 0 aliphatic carbocycles. The lowest BCUT2D eigenvalue weighted by atomic mass is 10.2. The number of aryl methyl sites for hydroxylation is 1. The van der Waals surface area contributed by atoms with Crippen molar-refractivity contribution in [2.24, 2.45) is 0 Å². The van der Waals surface area contributed by atoms with Gasteiger partial charge in [-0.25, -0.2) is 4.39 Å². The highest BCUT2D eigenvalue weighted by atomic mass is 19.1. The van der Waals surface area contributed by atoms with E-state index in [0.29, 0.717) is 11.3 Å². The number of nitrogens with zero attached hydrogens (tertiary/aromatic N) is 1. The summed E-state index contributed by atoms with van der Waals surface area (Å²) >= 11 is 0. The van der Waals surface area contributed by atoms with Gasteiger partial charge in [0.25, 0.3) is 0 Å². The third-order valence-corrected chi connectivity index (χ3v) is 2.34. The fraction of sp³-hybridized carbons (Fsp3) is 0.462. The van der Waals surface area contributed by atoms with Gasteiger partial charge < -0.3 is 4.74 Å². The second-order valence-corrected chi connectivity index (χ2v) is 3.86. The smallest absolute Gasteiger partial charge is 0.130 e. The summed E-state index contributed by atoms with van der Waals surface area (Å²) in [4.78, 5) is 0. The minimum atomic E-state index is -0.333. The normalized spacial score (nSPS) is 11.9. The standard InChI is InChI=1S/C13H17FN2O/c1-3-6-16-11(8-15)9-17-12-4-5-13(14)10(2)7-12/h4-5,7,11,16H,3,6,9H2,1-2H3. The molecule has 0 saturated heterocycles. The molecule has 1 atom stereocenters. The lowest BCUT2D eigenvalue weighted by Gasteiger charge is -2.12. The van der Waals surface area contributed by atoms with Gasteiger partial charge in [0.2, 0.25) is 0 Å². The maximum absolute atomic E-state index is 13.0. The van der Waals surface area contributed by atoms with Crippen LogP contribution in [-0.2, 0) is 0 Å². The maximum Gasteiger partial charge on any atom is 0.130 e. The van der Waals surface area contributed by atoms with Crippen LogP contribution in [0, 0.1) is 24.1 Å². The summed E-state index contributed by atoms with van der Waals surface area (Å²) in [6.07, 6.45) is 0.966. The Hall–Kier alpha value is -1.60. The van der Waals surface area contributed by atoms with E-state index in [0.717, 1.165) is 13.0 Å². The average molecular weight is 236 g/mol. The third-order valence-electron chi connectivity index (χ3n) is 2.34. The second kappa shape index (κ2) is 6.87. The van der Waals surface area contributed by atoms with Gasteiger partial charge in [0.1, 0.15) is 24.2 Å². The van der Waals surface area contributed by atoms with Crippen molar-refractivity contribution < 1.29 is 9.13 Å². The van der Waals surface area contributed by atoms with Crippen molar-refractivity contribution >= 4 is 0 Å². The van der Waals surface area contributed by atoms with Gasteiger partial charge in [0.05, 0.1) is 6.07 Å². The number of hydrogen-bond acceptors (Lipinski definition) is 3. The Kier molecular flexibility index (Phi) is 5.44. The van der Waals surface area contributed by atoms with Gasteiger partial charge in [-0.3, -0.25) is 5.32 Å². The Morgan fingerprint density at radius 3 is 2.88 bits per heavy atom. The summed E-state index contributed by atoms with van der Waals surface area (Å²) in [6.45, 7) is 4.76. The molecule has 0 aromatic heterocycles. The van der Waals surface area contributed by atoms with Gasteiger partial charge in [-0.05, 0) is 43.7 Å². The van der Waals surface area contributed by atoms with E-state index in [9.17, 15) is 4.39 Å². The average Bonchev–Trinajstić information content (AvgIpc) is 2.34. The van der Waals surface area contributed by atoms with Crippen molar-refractivity contribution in [2.75, 3.05) is 13.2 Å². The number of hydrogen-bond donors (Lipinski definition) is 1. The van der Waals surface area contributed by atoms with E-state index in [1.54, 1.807) is 19.1 Å². The topological polar surface area (TPSA) is 45.0 Å². The van der Waals surface area contributed by atoms with Crippen LogP contribution in [0.3, 0.4) is 0 Å². The number of ether oxygens (including phenoxy) is 1. The molecule has 0 amide bonds. The second-order valence-electron chi connectivity index (χ2n) is 3.86. The minimum absolute atomic E-state index is 0.252. The highest BCUT2D eigenvalue weighted by Gasteiger charge is 2.07. The Bertz CT molecular complexity index is 401. The molecule has 0 fully saturated rings. The molecule has 0 saturated carbocycles. The van der Waals surface area contributed by atoms with Crippen LogP contribution in [0.4, 0.5) is 4.39 Å². The highest BCUT2D eigenvalue weighted by Crippen LogP contribution is 2.15. The molecule has 92 valence electrons. The first-order valence-electron chi connectivity index (χ1n) is 5.69. The van der Waals surface area contributed by atoms with Crippen LogP contribution >= 0.6 is 0 Å². The molecule has 1 aromatic rings. The molecule has 4 heteroatoms. The van der Waals surface area contributed by atoms with Crippen LogP contribution in [0.1, 0.15) is 18.9 Å². The summed E-state index contributed by atoms with van der Waals surface area (Å²) in [5, 5.41) is 11.9. The zero-order chi connectivity index (χ0) is 12.7. The van der Waals surface area contributed by atoms with E-state index in [-0.39, 0.29) is 18.5 Å². The number of nitriles is 1. The summed E-state index contributed by atoms with van der Waals surface area (Å²) in [7, 11) is 0. The van der Waals surface area contributed by atoms with Crippen LogP contribution < -0.4 is 10.1 Å². The molecule has 0 spiro atoms. The summed E-state index contributed by atoms with van der Waals surface area (Å²) in [5.74, 6) is 0.334. The van der Waals surface area contributed by atoms with Crippen molar-refractivity contribution in [1.29, 1.82) is 5.26 Å². The molecule has 1 unspecified atom stereocenters.